The van der Waals surface area contributed by atoms with Crippen molar-refractivity contribution >= 4 is 40.5 Å². The van der Waals surface area contributed by atoms with Crippen molar-refractivity contribution in [1.82, 2.24) is 5.32 Å². The van der Waals surface area contributed by atoms with E-state index in [1.807, 2.05) is 30.3 Å². The zero-order valence-electron chi connectivity index (χ0n) is 18.8. The van der Waals surface area contributed by atoms with E-state index >= 15 is 0 Å². The van der Waals surface area contributed by atoms with Gasteiger partial charge in [-0.15, -0.1) is 0 Å². The first kappa shape index (κ1) is 24.8. The number of para-hydroxylation sites is 2. The van der Waals surface area contributed by atoms with Crippen LogP contribution in [0.2, 0.25) is 5.02 Å². The maximum atomic E-state index is 13.4. The zero-order chi connectivity index (χ0) is 23.6. The van der Waals surface area contributed by atoms with Crippen LogP contribution in [-0.4, -0.2) is 56.4 Å². The van der Waals surface area contributed by atoms with Crippen LogP contribution in [0.15, 0.2) is 54.6 Å². The Morgan fingerprint density at radius 2 is 1.82 bits per heavy atom. The number of hydrogen-bond acceptors (Lipinski definition) is 6. The van der Waals surface area contributed by atoms with Crippen molar-refractivity contribution in [2.45, 2.75) is 19.8 Å². The third-order valence-electron chi connectivity index (χ3n) is 5.27. The van der Waals surface area contributed by atoms with Gasteiger partial charge in [-0.25, -0.2) is 4.79 Å². The molecule has 7 nitrogen and oxygen atoms in total. The van der Waals surface area contributed by atoms with Gasteiger partial charge in [0.2, 0.25) is 0 Å². The largest absolute Gasteiger partial charge is 0.463 e. The summed E-state index contributed by atoms with van der Waals surface area (Å²) >= 11 is 6.31. The second kappa shape index (κ2) is 12.4. The Bertz CT molecular complexity index is 995. The molecule has 0 bridgehead atoms. The van der Waals surface area contributed by atoms with E-state index in [1.165, 1.54) is 6.08 Å². The van der Waals surface area contributed by atoms with Crippen LogP contribution >= 0.6 is 11.6 Å². The van der Waals surface area contributed by atoms with Gasteiger partial charge in [0, 0.05) is 37.3 Å². The summed E-state index contributed by atoms with van der Waals surface area (Å²) < 4.78 is 4.86. The summed E-state index contributed by atoms with van der Waals surface area (Å²) in [6, 6.07) is 13.1. The number of benzene rings is 2. The molecule has 33 heavy (non-hydrogen) atoms. The first-order valence-electron chi connectivity index (χ1n) is 11.2. The minimum atomic E-state index is -0.343. The highest BCUT2D eigenvalue weighted by molar-refractivity contribution is 6.31. The molecule has 176 valence electrons. The van der Waals surface area contributed by atoms with Gasteiger partial charge in [-0.2, -0.15) is 0 Å². The molecule has 0 saturated heterocycles. The average Bonchev–Trinajstić information content (AvgIpc) is 2.90. The van der Waals surface area contributed by atoms with Crippen molar-refractivity contribution in [2.24, 2.45) is 0 Å². The van der Waals surface area contributed by atoms with Gasteiger partial charge in [0.1, 0.15) is 0 Å². The minimum Gasteiger partial charge on any atom is -0.463 e. The number of ether oxygens (including phenoxy) is 1. The van der Waals surface area contributed by atoms with Crippen LogP contribution in [0.4, 0.5) is 17.1 Å². The van der Waals surface area contributed by atoms with Crippen molar-refractivity contribution in [1.29, 1.82) is 0 Å². The van der Waals surface area contributed by atoms with E-state index in [9.17, 15) is 14.7 Å². The van der Waals surface area contributed by atoms with Gasteiger partial charge >= 0.3 is 5.97 Å². The quantitative estimate of drug-likeness (QED) is 0.293. The number of nitrogens with zero attached hydrogens (tertiary/aromatic N) is 2. The van der Waals surface area contributed by atoms with Crippen molar-refractivity contribution in [3.05, 3.63) is 65.2 Å². The second-order valence-corrected chi connectivity index (χ2v) is 7.98. The molecule has 0 atom stereocenters. The first-order valence-corrected chi connectivity index (χ1v) is 11.6. The third kappa shape index (κ3) is 6.35. The Kier molecular flexibility index (Phi) is 9.30. The average molecular weight is 472 g/mol. The fourth-order valence-electron chi connectivity index (χ4n) is 3.80. The number of esters is 1. The summed E-state index contributed by atoms with van der Waals surface area (Å²) in [4.78, 5) is 28.6. The van der Waals surface area contributed by atoms with Crippen molar-refractivity contribution < 1.29 is 19.4 Å². The molecular formula is C25H30ClN3O4. The molecule has 0 saturated carbocycles. The van der Waals surface area contributed by atoms with Crippen LogP contribution in [0, 0.1) is 0 Å². The standard InChI is InChI=1S/C25H30ClN3O4/c1-2-33-24(31)10-5-13-27-14-6-15-28-21-8-3-4-9-22(21)29(16-7-17-30)25(32)20-12-11-19(26)18-23(20)28/h3-5,8-12,18,27,30H,2,6-7,13-17H2,1H3/b10-5+. The van der Waals surface area contributed by atoms with E-state index in [1.54, 1.807) is 30.0 Å². The Morgan fingerprint density at radius 3 is 2.55 bits per heavy atom. The second-order valence-electron chi connectivity index (χ2n) is 7.55. The maximum absolute atomic E-state index is 13.4. The monoisotopic (exact) mass is 471 g/mol. The van der Waals surface area contributed by atoms with Crippen molar-refractivity contribution in [3.8, 4) is 0 Å². The van der Waals surface area contributed by atoms with Gasteiger partial charge < -0.3 is 25.0 Å². The summed E-state index contributed by atoms with van der Waals surface area (Å²) in [5, 5.41) is 13.2. The number of carbonyl (C=O) groups is 2. The molecule has 0 aliphatic carbocycles. The van der Waals surface area contributed by atoms with Crippen LogP contribution in [0.1, 0.15) is 30.1 Å². The highest BCUT2D eigenvalue weighted by atomic mass is 35.5. The summed E-state index contributed by atoms with van der Waals surface area (Å²) in [5.41, 5.74) is 3.09. The molecule has 2 aromatic rings. The summed E-state index contributed by atoms with van der Waals surface area (Å²) in [5.74, 6) is -0.448. The van der Waals surface area contributed by atoms with Gasteiger partial charge in [-0.3, -0.25) is 4.79 Å². The normalized spacial score (nSPS) is 13.1. The van der Waals surface area contributed by atoms with Gasteiger partial charge in [0.25, 0.3) is 5.91 Å². The summed E-state index contributed by atoms with van der Waals surface area (Å²) in [7, 11) is 0. The molecule has 2 N–H and O–H groups in total. The lowest BCUT2D eigenvalue weighted by molar-refractivity contribution is -0.137. The molecule has 0 fully saturated rings. The van der Waals surface area contributed by atoms with Crippen LogP contribution in [0.3, 0.4) is 0 Å². The number of aliphatic hydroxyl groups excluding tert-OH is 1. The summed E-state index contributed by atoms with van der Waals surface area (Å²) in [6.45, 7) is 4.53. The molecule has 8 heteroatoms. The molecule has 0 spiro atoms. The highest BCUT2D eigenvalue weighted by Gasteiger charge is 2.30. The third-order valence-corrected chi connectivity index (χ3v) is 5.50. The highest BCUT2D eigenvalue weighted by Crippen LogP contribution is 2.41. The van der Waals surface area contributed by atoms with E-state index in [0.717, 1.165) is 30.0 Å². The lowest BCUT2D eigenvalue weighted by Crippen LogP contribution is -2.31. The molecular weight excluding hydrogens is 442 g/mol. The lowest BCUT2D eigenvalue weighted by Gasteiger charge is -2.27. The van der Waals surface area contributed by atoms with Crippen molar-refractivity contribution in [3.63, 3.8) is 0 Å². The van der Waals surface area contributed by atoms with Crippen LogP contribution in [0.5, 0.6) is 0 Å². The van der Waals surface area contributed by atoms with E-state index < -0.39 is 0 Å². The minimum absolute atomic E-state index is 0.0133. The maximum Gasteiger partial charge on any atom is 0.330 e. The number of nitrogens with one attached hydrogen (secondary N) is 1. The molecule has 0 aromatic heterocycles. The topological polar surface area (TPSA) is 82.1 Å². The summed E-state index contributed by atoms with van der Waals surface area (Å²) in [6.07, 6.45) is 4.46. The number of amides is 1. The smallest absolute Gasteiger partial charge is 0.330 e. The molecule has 1 aliphatic heterocycles. The number of rotatable bonds is 11. The molecule has 1 heterocycles. The number of hydrogen-bond donors (Lipinski definition) is 2. The Hall–Kier alpha value is -2.87. The van der Waals surface area contributed by atoms with E-state index in [2.05, 4.69) is 10.2 Å². The van der Waals surface area contributed by atoms with Crippen LogP contribution < -0.4 is 15.1 Å². The Balaban J connectivity index is 1.78. The molecule has 3 rings (SSSR count). The van der Waals surface area contributed by atoms with Crippen molar-refractivity contribution in [2.75, 3.05) is 49.2 Å². The van der Waals surface area contributed by atoms with Gasteiger partial charge in [-0.1, -0.05) is 29.8 Å². The predicted molar refractivity (Wildman–Crippen MR) is 132 cm³/mol. The molecule has 1 amide bonds. The van der Waals surface area contributed by atoms with Gasteiger partial charge in [0.05, 0.1) is 29.2 Å². The fourth-order valence-corrected chi connectivity index (χ4v) is 3.97. The lowest BCUT2D eigenvalue weighted by atomic mass is 10.1. The predicted octanol–water partition coefficient (Wildman–Crippen LogP) is 3.92. The van der Waals surface area contributed by atoms with E-state index in [-0.39, 0.29) is 18.5 Å². The van der Waals surface area contributed by atoms with Gasteiger partial charge in [-0.05, 0) is 56.6 Å². The Labute approximate surface area is 199 Å². The number of carbonyl (C=O) groups excluding carboxylic acids is 2. The van der Waals surface area contributed by atoms with Crippen LogP contribution in [0.25, 0.3) is 0 Å². The number of halogens is 1. The first-order chi connectivity index (χ1) is 16.1. The zero-order valence-corrected chi connectivity index (χ0v) is 19.6. The number of anilines is 3. The fraction of sp³-hybridized carbons (Fsp3) is 0.360. The molecule has 1 aliphatic rings. The molecule has 2 aromatic carbocycles. The van der Waals surface area contributed by atoms with Crippen LogP contribution in [-0.2, 0) is 9.53 Å². The Morgan fingerprint density at radius 1 is 1.09 bits per heavy atom. The number of aliphatic hydroxyl groups is 1. The van der Waals surface area contributed by atoms with E-state index in [0.29, 0.717) is 43.2 Å². The molecule has 0 unspecified atom stereocenters. The number of fused-ring (bicyclic) bond motifs is 2. The SMILES string of the molecule is CCOC(=O)/C=C/CNCCCN1c2cc(Cl)ccc2C(=O)N(CCCO)c2ccccc21. The van der Waals surface area contributed by atoms with E-state index in [4.69, 9.17) is 16.3 Å². The molecule has 0 radical (unpaired) electrons. The van der Waals surface area contributed by atoms with Gasteiger partial charge in [0.15, 0.2) is 0 Å².